The van der Waals surface area contributed by atoms with Crippen LogP contribution in [0.3, 0.4) is 0 Å². The Balaban J connectivity index is 1.58. The van der Waals surface area contributed by atoms with Gasteiger partial charge in [0.15, 0.2) is 0 Å². The molecule has 168 valence electrons. The Labute approximate surface area is 193 Å². The molecule has 6 nitrogen and oxygen atoms in total. The number of carbonyl (C=O) groups excluding carboxylic acids is 1. The van der Waals surface area contributed by atoms with E-state index in [0.29, 0.717) is 13.2 Å². The fraction of sp³-hybridized carbons (Fsp3) is 0.208. The number of halogens is 1. The number of sulfonamides is 1. The van der Waals surface area contributed by atoms with E-state index in [0.717, 1.165) is 22.4 Å². The Bertz CT molecular complexity index is 1230. The second-order valence-corrected chi connectivity index (χ2v) is 9.58. The molecule has 0 aliphatic carbocycles. The molecule has 0 saturated carbocycles. The topological polar surface area (TPSA) is 84.5 Å². The number of anilines is 1. The lowest BCUT2D eigenvalue weighted by Crippen LogP contribution is -2.28. The van der Waals surface area contributed by atoms with E-state index in [1.807, 2.05) is 39.0 Å². The van der Waals surface area contributed by atoms with Crippen molar-refractivity contribution in [1.29, 1.82) is 0 Å². The Hall–Kier alpha value is -3.03. The molecule has 1 amide bonds. The van der Waals surface area contributed by atoms with Gasteiger partial charge in [0.1, 0.15) is 12.4 Å². The number of aryl methyl sites for hydroxylation is 3. The number of ether oxygens (including phenoxy) is 1. The highest BCUT2D eigenvalue weighted by molar-refractivity contribution is 7.92. The summed E-state index contributed by atoms with van der Waals surface area (Å²) in [5.41, 5.74) is 3.59. The fourth-order valence-corrected chi connectivity index (χ4v) is 4.29. The monoisotopic (exact) mass is 472 g/mol. The van der Waals surface area contributed by atoms with E-state index in [1.165, 1.54) is 30.3 Å². The zero-order chi connectivity index (χ0) is 23.3. The zero-order valence-electron chi connectivity index (χ0n) is 18.1. The second kappa shape index (κ2) is 10.1. The van der Waals surface area contributed by atoms with Crippen LogP contribution in [0.1, 0.15) is 27.0 Å². The Morgan fingerprint density at radius 2 is 1.62 bits per heavy atom. The third-order valence-electron chi connectivity index (χ3n) is 4.79. The lowest BCUT2D eigenvalue weighted by atomic mass is 10.1. The molecule has 0 bridgehead atoms. The van der Waals surface area contributed by atoms with E-state index < -0.39 is 10.0 Å². The third-order valence-corrected chi connectivity index (χ3v) is 6.50. The van der Waals surface area contributed by atoms with E-state index in [4.69, 9.17) is 16.3 Å². The van der Waals surface area contributed by atoms with E-state index in [2.05, 4.69) is 10.0 Å². The Morgan fingerprint density at radius 1 is 0.938 bits per heavy atom. The van der Waals surface area contributed by atoms with E-state index in [1.54, 1.807) is 12.1 Å². The maximum Gasteiger partial charge on any atom is 0.261 e. The third kappa shape index (κ3) is 6.02. The van der Waals surface area contributed by atoms with Crippen molar-refractivity contribution >= 4 is 33.2 Å². The van der Waals surface area contributed by atoms with E-state index >= 15 is 0 Å². The molecule has 0 aliphatic rings. The summed E-state index contributed by atoms with van der Waals surface area (Å²) in [5.74, 6) is 0.412. The lowest BCUT2D eigenvalue weighted by Gasteiger charge is -2.12. The maximum atomic E-state index is 12.5. The molecule has 0 unspecified atom stereocenters. The summed E-state index contributed by atoms with van der Waals surface area (Å²) in [5, 5.41) is 2.90. The summed E-state index contributed by atoms with van der Waals surface area (Å²) < 4.78 is 33.3. The van der Waals surface area contributed by atoms with Crippen LogP contribution in [0.4, 0.5) is 5.69 Å². The van der Waals surface area contributed by atoms with Crippen LogP contribution >= 0.6 is 11.6 Å². The number of hydrogen-bond donors (Lipinski definition) is 2. The number of amides is 1. The van der Waals surface area contributed by atoms with Gasteiger partial charge in [0.2, 0.25) is 0 Å². The SMILES string of the molecule is Cc1ccc(S(=O)(=O)Nc2ccc(C(=O)NCCOc3cc(C)ccc3C)c(Cl)c2)cc1. The van der Waals surface area contributed by atoms with Gasteiger partial charge in [-0.3, -0.25) is 9.52 Å². The molecule has 2 N–H and O–H groups in total. The summed E-state index contributed by atoms with van der Waals surface area (Å²) in [6, 6.07) is 16.8. The first-order valence-electron chi connectivity index (χ1n) is 10.0. The molecule has 0 heterocycles. The maximum absolute atomic E-state index is 12.5. The van der Waals surface area contributed by atoms with Crippen LogP contribution in [0.25, 0.3) is 0 Å². The molecule has 0 fully saturated rings. The average molecular weight is 473 g/mol. The number of carbonyl (C=O) groups is 1. The van der Waals surface area contributed by atoms with Crippen molar-refractivity contribution in [2.75, 3.05) is 17.9 Å². The lowest BCUT2D eigenvalue weighted by molar-refractivity contribution is 0.0947. The van der Waals surface area contributed by atoms with Crippen LogP contribution in [0, 0.1) is 20.8 Å². The minimum absolute atomic E-state index is 0.141. The van der Waals surface area contributed by atoms with Crippen LogP contribution < -0.4 is 14.8 Å². The molecule has 0 spiro atoms. The van der Waals surface area contributed by atoms with Gasteiger partial charge in [0.05, 0.1) is 27.7 Å². The fourth-order valence-electron chi connectivity index (χ4n) is 2.98. The largest absolute Gasteiger partial charge is 0.491 e. The highest BCUT2D eigenvalue weighted by Gasteiger charge is 2.16. The smallest absolute Gasteiger partial charge is 0.261 e. The first kappa shape index (κ1) is 23.6. The van der Waals surface area contributed by atoms with Gasteiger partial charge in [-0.15, -0.1) is 0 Å². The van der Waals surface area contributed by atoms with Crippen LogP contribution in [-0.2, 0) is 10.0 Å². The van der Waals surface area contributed by atoms with Crippen molar-refractivity contribution in [2.24, 2.45) is 0 Å². The van der Waals surface area contributed by atoms with Crippen LogP contribution in [0.15, 0.2) is 65.6 Å². The van der Waals surface area contributed by atoms with Crippen molar-refractivity contribution in [1.82, 2.24) is 5.32 Å². The van der Waals surface area contributed by atoms with Crippen molar-refractivity contribution < 1.29 is 17.9 Å². The highest BCUT2D eigenvalue weighted by Crippen LogP contribution is 2.24. The minimum atomic E-state index is -3.76. The first-order chi connectivity index (χ1) is 15.2. The molecule has 0 saturated heterocycles. The van der Waals surface area contributed by atoms with Crippen LogP contribution in [-0.4, -0.2) is 27.5 Å². The van der Waals surface area contributed by atoms with Gasteiger partial charge >= 0.3 is 0 Å². The first-order valence-corrected chi connectivity index (χ1v) is 11.9. The number of rotatable bonds is 8. The number of nitrogens with one attached hydrogen (secondary N) is 2. The van der Waals surface area contributed by atoms with Gasteiger partial charge in [-0.05, 0) is 68.3 Å². The summed E-state index contributed by atoms with van der Waals surface area (Å²) in [6.45, 7) is 6.43. The van der Waals surface area contributed by atoms with Crippen LogP contribution in [0.5, 0.6) is 5.75 Å². The van der Waals surface area contributed by atoms with Crippen LogP contribution in [0.2, 0.25) is 5.02 Å². The number of benzene rings is 3. The predicted octanol–water partition coefficient (Wildman–Crippen LogP) is 4.87. The van der Waals surface area contributed by atoms with Crippen molar-refractivity contribution in [3.05, 3.63) is 87.9 Å². The van der Waals surface area contributed by atoms with Gasteiger partial charge in [-0.25, -0.2) is 8.42 Å². The molecule has 0 aliphatic heterocycles. The van der Waals surface area contributed by atoms with E-state index in [-0.39, 0.29) is 27.1 Å². The van der Waals surface area contributed by atoms with E-state index in [9.17, 15) is 13.2 Å². The Morgan fingerprint density at radius 3 is 2.31 bits per heavy atom. The zero-order valence-corrected chi connectivity index (χ0v) is 19.7. The summed E-state index contributed by atoms with van der Waals surface area (Å²) in [4.78, 5) is 12.6. The molecule has 32 heavy (non-hydrogen) atoms. The molecule has 3 rings (SSSR count). The van der Waals surface area contributed by atoms with Gasteiger partial charge in [-0.2, -0.15) is 0 Å². The summed E-state index contributed by atoms with van der Waals surface area (Å²) >= 11 is 6.24. The minimum Gasteiger partial charge on any atom is -0.491 e. The summed E-state index contributed by atoms with van der Waals surface area (Å²) in [7, 11) is -3.76. The van der Waals surface area contributed by atoms with Crippen molar-refractivity contribution in [2.45, 2.75) is 25.7 Å². The van der Waals surface area contributed by atoms with Crippen molar-refractivity contribution in [3.63, 3.8) is 0 Å². The average Bonchev–Trinajstić information content (AvgIpc) is 2.73. The molecular formula is C24H25ClN2O4S. The molecule has 8 heteroatoms. The quantitative estimate of drug-likeness (QED) is 0.458. The van der Waals surface area contributed by atoms with Gasteiger partial charge in [0.25, 0.3) is 15.9 Å². The standard InChI is InChI=1S/C24H25ClN2O4S/c1-16-5-9-20(10-6-16)32(29,30)27-19-8-11-21(22(25)15-19)24(28)26-12-13-31-23-14-17(2)4-7-18(23)3/h4-11,14-15,27H,12-13H2,1-3H3,(H,26,28). The molecule has 3 aromatic carbocycles. The van der Waals surface area contributed by atoms with Gasteiger partial charge < -0.3 is 10.1 Å². The molecule has 3 aromatic rings. The van der Waals surface area contributed by atoms with Gasteiger partial charge in [-0.1, -0.05) is 41.4 Å². The highest BCUT2D eigenvalue weighted by atomic mass is 35.5. The molecule has 0 aromatic heterocycles. The molecule has 0 radical (unpaired) electrons. The second-order valence-electron chi connectivity index (χ2n) is 7.49. The normalized spacial score (nSPS) is 11.1. The van der Waals surface area contributed by atoms with Gasteiger partial charge in [0, 0.05) is 0 Å². The number of hydrogen-bond acceptors (Lipinski definition) is 4. The predicted molar refractivity (Wildman–Crippen MR) is 127 cm³/mol. The summed E-state index contributed by atoms with van der Waals surface area (Å²) in [6.07, 6.45) is 0. The molecule has 0 atom stereocenters. The molecular weight excluding hydrogens is 448 g/mol. The Kier molecular flexibility index (Phi) is 7.43. The van der Waals surface area contributed by atoms with Crippen molar-refractivity contribution in [3.8, 4) is 5.75 Å².